The quantitative estimate of drug-likeness (QED) is 0.487. The lowest BCUT2D eigenvalue weighted by Gasteiger charge is -2.08. The van der Waals surface area contributed by atoms with Crippen LogP contribution in [0.4, 0.5) is 0 Å². The second kappa shape index (κ2) is 8.86. The van der Waals surface area contributed by atoms with Crippen LogP contribution in [-0.2, 0) is 19.5 Å². The average molecular weight is 403 g/mol. The monoisotopic (exact) mass is 403 g/mol. The molecule has 2 aromatic carbocycles. The van der Waals surface area contributed by atoms with Crippen LogP contribution in [0.25, 0.3) is 22.5 Å². The molecule has 2 aromatic heterocycles. The molecule has 0 aliphatic heterocycles. The molecule has 8 nitrogen and oxygen atoms in total. The average Bonchev–Trinajstić information content (AvgIpc) is 3.40. The molecule has 1 N–H and O–H groups in total. The molecule has 8 heteroatoms. The lowest BCUT2D eigenvalue weighted by atomic mass is 10.0. The number of H-pyrrole nitrogens is 1. The number of hydrogen-bond donors (Lipinski definition) is 1. The number of hydrogen-bond acceptors (Lipinski definition) is 5. The molecule has 0 radical (unpaired) electrons. The van der Waals surface area contributed by atoms with Gasteiger partial charge in [0.05, 0.1) is 6.54 Å². The summed E-state index contributed by atoms with van der Waals surface area (Å²) in [4.78, 5) is 12.7. The van der Waals surface area contributed by atoms with E-state index in [1.165, 1.54) is 0 Å². The minimum Gasteiger partial charge on any atom is -0.274 e. The molecule has 4 aromatic rings. The third kappa shape index (κ3) is 4.07. The number of tetrazole rings is 1. The SMILES string of the molecule is CCCc1nn(CCC)c(=O)n1Cc1ccc(-c2cccc(-c3nnn[nH]3)c2)cc1. The highest BCUT2D eigenvalue weighted by Crippen LogP contribution is 2.24. The van der Waals surface area contributed by atoms with Gasteiger partial charge in [0.15, 0.2) is 5.82 Å². The van der Waals surface area contributed by atoms with Gasteiger partial charge in [-0.25, -0.2) is 14.6 Å². The molecule has 0 aliphatic rings. The molecule has 0 bridgehead atoms. The van der Waals surface area contributed by atoms with Gasteiger partial charge in [0.2, 0.25) is 0 Å². The van der Waals surface area contributed by atoms with Gasteiger partial charge in [0.25, 0.3) is 0 Å². The first-order chi connectivity index (χ1) is 14.7. The first kappa shape index (κ1) is 19.8. The normalized spacial score (nSPS) is 11.1. The molecule has 0 fully saturated rings. The fourth-order valence-corrected chi connectivity index (χ4v) is 3.52. The van der Waals surface area contributed by atoms with Crippen molar-refractivity contribution in [2.45, 2.75) is 46.2 Å². The highest BCUT2D eigenvalue weighted by atomic mass is 16.2. The number of aromatic amines is 1. The summed E-state index contributed by atoms with van der Waals surface area (Å²) in [5.41, 5.74) is 4.15. The summed E-state index contributed by atoms with van der Waals surface area (Å²) in [5.74, 6) is 1.49. The Hall–Kier alpha value is -3.55. The van der Waals surface area contributed by atoms with Gasteiger partial charge in [-0.05, 0) is 46.0 Å². The fourth-order valence-electron chi connectivity index (χ4n) is 3.52. The molecule has 4 rings (SSSR count). The lowest BCUT2D eigenvalue weighted by Crippen LogP contribution is -2.26. The van der Waals surface area contributed by atoms with Crippen LogP contribution in [0.15, 0.2) is 53.3 Å². The zero-order chi connectivity index (χ0) is 20.9. The van der Waals surface area contributed by atoms with E-state index >= 15 is 0 Å². The minimum absolute atomic E-state index is 0.0299. The smallest absolute Gasteiger partial charge is 0.274 e. The molecule has 154 valence electrons. The highest BCUT2D eigenvalue weighted by molar-refractivity contribution is 5.70. The zero-order valence-electron chi connectivity index (χ0n) is 17.2. The molecular formula is C22H25N7O. The van der Waals surface area contributed by atoms with Gasteiger partial charge in [0.1, 0.15) is 5.82 Å². The molecule has 0 unspecified atom stereocenters. The second-order valence-electron chi connectivity index (χ2n) is 7.29. The van der Waals surface area contributed by atoms with Gasteiger partial charge < -0.3 is 0 Å². The van der Waals surface area contributed by atoms with E-state index in [2.05, 4.69) is 76.0 Å². The van der Waals surface area contributed by atoms with Crippen LogP contribution >= 0.6 is 0 Å². The van der Waals surface area contributed by atoms with Crippen LogP contribution in [0.1, 0.15) is 38.1 Å². The Morgan fingerprint density at radius 3 is 2.47 bits per heavy atom. The largest absolute Gasteiger partial charge is 0.346 e. The fraction of sp³-hybridized carbons (Fsp3) is 0.318. The summed E-state index contributed by atoms with van der Waals surface area (Å²) in [7, 11) is 0. The van der Waals surface area contributed by atoms with Crippen LogP contribution < -0.4 is 5.69 Å². The topological polar surface area (TPSA) is 94.3 Å². The zero-order valence-corrected chi connectivity index (χ0v) is 17.2. The Kier molecular flexibility index (Phi) is 5.83. The van der Waals surface area contributed by atoms with E-state index in [1.54, 1.807) is 9.25 Å². The predicted octanol–water partition coefficient (Wildman–Crippen LogP) is 3.30. The third-order valence-corrected chi connectivity index (χ3v) is 5.02. The first-order valence-corrected chi connectivity index (χ1v) is 10.3. The Bertz CT molecular complexity index is 1160. The van der Waals surface area contributed by atoms with Gasteiger partial charge >= 0.3 is 5.69 Å². The summed E-state index contributed by atoms with van der Waals surface area (Å²) in [6.45, 7) is 5.34. The molecule has 0 aliphatic carbocycles. The van der Waals surface area contributed by atoms with E-state index in [0.717, 1.165) is 47.3 Å². The van der Waals surface area contributed by atoms with Crippen molar-refractivity contribution in [3.8, 4) is 22.5 Å². The van der Waals surface area contributed by atoms with E-state index in [1.807, 2.05) is 12.1 Å². The second-order valence-corrected chi connectivity index (χ2v) is 7.29. The molecule has 0 amide bonds. The van der Waals surface area contributed by atoms with Crippen LogP contribution in [0, 0.1) is 0 Å². The maximum Gasteiger partial charge on any atom is 0.346 e. The van der Waals surface area contributed by atoms with E-state index in [4.69, 9.17) is 0 Å². The Morgan fingerprint density at radius 2 is 1.77 bits per heavy atom. The van der Waals surface area contributed by atoms with Gasteiger partial charge in [-0.2, -0.15) is 5.10 Å². The number of benzene rings is 2. The molecule has 0 atom stereocenters. The van der Waals surface area contributed by atoms with Gasteiger partial charge in [0, 0.05) is 18.5 Å². The Morgan fingerprint density at radius 1 is 0.967 bits per heavy atom. The molecular weight excluding hydrogens is 378 g/mol. The molecule has 0 saturated carbocycles. The highest BCUT2D eigenvalue weighted by Gasteiger charge is 2.13. The van der Waals surface area contributed by atoms with Gasteiger partial charge in [-0.1, -0.05) is 56.3 Å². The minimum atomic E-state index is -0.0299. The Labute approximate surface area is 174 Å². The van der Waals surface area contributed by atoms with Crippen molar-refractivity contribution in [2.24, 2.45) is 0 Å². The predicted molar refractivity (Wildman–Crippen MR) is 115 cm³/mol. The lowest BCUT2D eigenvalue weighted by molar-refractivity contribution is 0.569. The number of nitrogens with zero attached hydrogens (tertiary/aromatic N) is 6. The van der Waals surface area contributed by atoms with E-state index < -0.39 is 0 Å². The van der Waals surface area contributed by atoms with Crippen LogP contribution in [0.2, 0.25) is 0 Å². The van der Waals surface area contributed by atoms with E-state index in [0.29, 0.717) is 18.9 Å². The van der Waals surface area contributed by atoms with Crippen molar-refractivity contribution in [1.29, 1.82) is 0 Å². The van der Waals surface area contributed by atoms with Crippen LogP contribution in [0.5, 0.6) is 0 Å². The van der Waals surface area contributed by atoms with Gasteiger partial charge in [-0.3, -0.25) is 4.57 Å². The number of rotatable bonds is 8. The van der Waals surface area contributed by atoms with E-state index in [-0.39, 0.29) is 5.69 Å². The molecule has 30 heavy (non-hydrogen) atoms. The molecule has 2 heterocycles. The van der Waals surface area contributed by atoms with Crippen molar-refractivity contribution in [3.63, 3.8) is 0 Å². The number of nitrogens with one attached hydrogen (secondary N) is 1. The van der Waals surface area contributed by atoms with Gasteiger partial charge in [-0.15, -0.1) is 5.10 Å². The first-order valence-electron chi connectivity index (χ1n) is 10.3. The third-order valence-electron chi connectivity index (χ3n) is 5.02. The van der Waals surface area contributed by atoms with Crippen LogP contribution in [-0.4, -0.2) is 35.0 Å². The van der Waals surface area contributed by atoms with Crippen molar-refractivity contribution in [3.05, 3.63) is 70.4 Å². The van der Waals surface area contributed by atoms with Crippen LogP contribution in [0.3, 0.4) is 0 Å². The summed E-state index contributed by atoms with van der Waals surface area (Å²) < 4.78 is 3.38. The molecule has 0 saturated heterocycles. The standard InChI is InChI=1S/C22H25N7O/c1-3-6-20-25-29(13-4-2)22(30)28(20)15-16-9-11-17(12-10-16)18-7-5-8-19(14-18)21-23-26-27-24-21/h5,7-12,14H,3-4,6,13,15H2,1-2H3,(H,23,24,26,27). The maximum absolute atomic E-state index is 12.7. The molecule has 0 spiro atoms. The summed E-state index contributed by atoms with van der Waals surface area (Å²) >= 11 is 0. The number of aryl methyl sites for hydroxylation is 2. The summed E-state index contributed by atoms with van der Waals surface area (Å²) in [5, 5.41) is 18.6. The van der Waals surface area contributed by atoms with Crippen molar-refractivity contribution < 1.29 is 0 Å². The van der Waals surface area contributed by atoms with Crippen molar-refractivity contribution >= 4 is 0 Å². The van der Waals surface area contributed by atoms with Crippen molar-refractivity contribution in [2.75, 3.05) is 0 Å². The summed E-state index contributed by atoms with van der Waals surface area (Å²) in [6, 6.07) is 16.4. The number of aromatic nitrogens is 7. The summed E-state index contributed by atoms with van der Waals surface area (Å²) in [6.07, 6.45) is 2.65. The van der Waals surface area contributed by atoms with E-state index in [9.17, 15) is 4.79 Å². The Balaban J connectivity index is 1.58. The van der Waals surface area contributed by atoms with Crippen molar-refractivity contribution in [1.82, 2.24) is 35.0 Å². The maximum atomic E-state index is 12.7.